The number of fused-ring (bicyclic) bond motifs is 1. The zero-order valence-electron chi connectivity index (χ0n) is 21.2. The predicted molar refractivity (Wildman–Crippen MR) is 141 cm³/mol. The number of rotatable bonds is 10. The Kier molecular flexibility index (Phi) is 8.17. The van der Waals surface area contributed by atoms with Crippen molar-refractivity contribution in [2.24, 2.45) is 0 Å². The van der Waals surface area contributed by atoms with E-state index < -0.39 is 48.2 Å². The minimum Gasteiger partial charge on any atom is -0.550 e. The molecule has 0 saturated carbocycles. The number of anilines is 3. The fourth-order valence-corrected chi connectivity index (χ4v) is 3.87. The van der Waals surface area contributed by atoms with Crippen molar-refractivity contribution in [3.8, 4) is 0 Å². The quantitative estimate of drug-likeness (QED) is 0.127. The lowest BCUT2D eigenvalue weighted by atomic mass is 10.0. The molecule has 41 heavy (non-hydrogen) atoms. The molecule has 2 heterocycles. The monoisotopic (exact) mass is 558 g/mol. The van der Waals surface area contributed by atoms with Gasteiger partial charge in [-0.05, 0) is 61.4 Å². The number of hydrogen-bond donors (Lipinski definition) is 4. The third kappa shape index (κ3) is 6.59. The van der Waals surface area contributed by atoms with Crippen molar-refractivity contribution in [3.63, 3.8) is 0 Å². The number of nitrogen functional groups attached to an aromatic ring is 2. The Hall–Kier alpha value is -5.86. The van der Waals surface area contributed by atoms with E-state index in [-0.39, 0.29) is 34.8 Å². The molecule has 1 unspecified atom stereocenters. The normalized spacial score (nSPS) is 11.5. The molecule has 2 aromatic heterocycles. The maximum atomic E-state index is 13.4. The minimum atomic E-state index is -1.89. The predicted octanol–water partition coefficient (Wildman–Crippen LogP) is -1.58. The third-order valence-electron chi connectivity index (χ3n) is 5.89. The molecule has 15 heteroatoms. The summed E-state index contributed by atoms with van der Waals surface area (Å²) in [5, 5.41) is 26.0. The topological polar surface area (TPSA) is 253 Å². The number of amides is 2. The summed E-state index contributed by atoms with van der Waals surface area (Å²) >= 11 is 0. The van der Waals surface area contributed by atoms with Gasteiger partial charge in [0.25, 0.3) is 17.4 Å². The molecule has 4 aromatic rings. The van der Waals surface area contributed by atoms with Crippen LogP contribution in [0, 0.1) is 0 Å². The van der Waals surface area contributed by atoms with E-state index in [0.29, 0.717) is 22.0 Å². The lowest BCUT2D eigenvalue weighted by Crippen LogP contribution is -2.53. The van der Waals surface area contributed by atoms with Gasteiger partial charge in [-0.3, -0.25) is 24.3 Å². The summed E-state index contributed by atoms with van der Waals surface area (Å²) in [6.45, 7) is 0.137. The lowest BCUT2D eigenvalue weighted by molar-refractivity contribution is -0.311. The second kappa shape index (κ2) is 11.9. The number of carbonyl (C=O) groups excluding carboxylic acids is 4. The molecule has 15 nitrogen and oxygen atoms in total. The minimum absolute atomic E-state index is 0.00598. The molecule has 1 atom stereocenters. The Morgan fingerprint density at radius 3 is 2.12 bits per heavy atom. The maximum Gasteiger partial charge on any atom is 0.280 e. The zero-order chi connectivity index (χ0) is 29.7. The molecular formula is C26H22N8O7-2. The van der Waals surface area contributed by atoms with Gasteiger partial charge in [-0.2, -0.15) is 4.98 Å². The summed E-state index contributed by atoms with van der Waals surface area (Å²) in [5.74, 6) is -5.42. The van der Waals surface area contributed by atoms with Crippen molar-refractivity contribution in [2.75, 3.05) is 16.8 Å². The summed E-state index contributed by atoms with van der Waals surface area (Å²) in [5.41, 5.74) is 11.9. The smallest absolute Gasteiger partial charge is 0.280 e. The van der Waals surface area contributed by atoms with E-state index in [0.717, 1.165) is 0 Å². The first-order valence-corrected chi connectivity index (χ1v) is 12.0. The van der Waals surface area contributed by atoms with Crippen LogP contribution in [0.3, 0.4) is 0 Å². The van der Waals surface area contributed by atoms with Crippen molar-refractivity contribution in [1.29, 1.82) is 0 Å². The van der Waals surface area contributed by atoms with Gasteiger partial charge >= 0.3 is 0 Å². The summed E-state index contributed by atoms with van der Waals surface area (Å²) < 4.78 is 0. The molecule has 6 N–H and O–H groups in total. The van der Waals surface area contributed by atoms with E-state index in [1.165, 1.54) is 54.7 Å². The molecule has 0 saturated heterocycles. The Bertz CT molecular complexity index is 1690. The first-order valence-electron chi connectivity index (χ1n) is 12.0. The van der Waals surface area contributed by atoms with Crippen molar-refractivity contribution in [3.05, 3.63) is 81.9 Å². The third-order valence-corrected chi connectivity index (χ3v) is 5.89. The molecular weight excluding hydrogens is 536 g/mol. The van der Waals surface area contributed by atoms with Gasteiger partial charge in [0.15, 0.2) is 11.2 Å². The molecule has 0 aliphatic carbocycles. The van der Waals surface area contributed by atoms with E-state index in [9.17, 15) is 34.2 Å². The van der Waals surface area contributed by atoms with Crippen LogP contribution in [0.5, 0.6) is 0 Å². The number of benzene rings is 2. The standard InChI is InChI=1S/C26H24N8O7/c27-15-5-1-13(2-6-15)23(38)34(18(25(40)41)9-10-19(35)36)24(39)14-3-7-16(8-4-14)29-11-17-12-30-21-20(31-17)22(37)33-26(28)32-21/h1-8,12,18,29H,9-11,27H2,(H,35,36)(H,40,41)(H3,28,30,32,33,37)/p-2. The van der Waals surface area contributed by atoms with E-state index in [4.69, 9.17) is 11.5 Å². The molecule has 4 rings (SSSR count). The highest BCUT2D eigenvalue weighted by Crippen LogP contribution is 2.20. The van der Waals surface area contributed by atoms with E-state index >= 15 is 0 Å². The first kappa shape index (κ1) is 28.2. The molecule has 0 spiro atoms. The Labute approximate surface area is 230 Å². The number of nitrogens with zero attached hydrogens (tertiary/aromatic N) is 4. The second-order valence-corrected chi connectivity index (χ2v) is 8.76. The lowest BCUT2D eigenvalue weighted by Gasteiger charge is -2.31. The SMILES string of the molecule is Nc1ccc(C(=O)N(C(=O)c2ccc(NCc3cnc4nc(N)[nH]c(=O)c4n3)cc2)C(CCC(=O)[O-])C(=O)[O-])cc1. The molecule has 0 fully saturated rings. The van der Waals surface area contributed by atoms with Crippen LogP contribution in [0.2, 0.25) is 0 Å². The molecule has 0 aliphatic heterocycles. The van der Waals surface area contributed by atoms with Gasteiger partial charge < -0.3 is 36.6 Å². The summed E-state index contributed by atoms with van der Waals surface area (Å²) in [6.07, 6.45) is 0.0638. The zero-order valence-corrected chi connectivity index (χ0v) is 21.2. The Morgan fingerprint density at radius 2 is 1.54 bits per heavy atom. The van der Waals surface area contributed by atoms with Crippen molar-refractivity contribution in [1.82, 2.24) is 24.8 Å². The first-order chi connectivity index (χ1) is 19.5. The van der Waals surface area contributed by atoms with Gasteiger partial charge in [0.2, 0.25) is 5.95 Å². The summed E-state index contributed by atoms with van der Waals surface area (Å²) in [6, 6.07) is 9.22. The Balaban J connectivity index is 1.56. The van der Waals surface area contributed by atoms with Crippen molar-refractivity contribution in [2.45, 2.75) is 25.4 Å². The molecule has 2 amide bonds. The van der Waals surface area contributed by atoms with Gasteiger partial charge in [0.1, 0.15) is 0 Å². The maximum absolute atomic E-state index is 13.4. The number of aromatic amines is 1. The fraction of sp³-hybridized carbons (Fsp3) is 0.154. The number of carboxylic acids is 2. The van der Waals surface area contributed by atoms with E-state index in [1.54, 1.807) is 0 Å². The van der Waals surface area contributed by atoms with Gasteiger partial charge in [0.05, 0.1) is 30.4 Å². The number of hydrogen-bond acceptors (Lipinski definition) is 13. The van der Waals surface area contributed by atoms with Crippen LogP contribution in [-0.2, 0) is 16.1 Å². The van der Waals surface area contributed by atoms with Crippen LogP contribution in [0.1, 0.15) is 39.3 Å². The number of carbonyl (C=O) groups is 4. The number of H-pyrrole nitrogens is 1. The van der Waals surface area contributed by atoms with Crippen LogP contribution < -0.4 is 32.6 Å². The number of nitrogens with one attached hydrogen (secondary N) is 2. The number of nitrogens with two attached hydrogens (primary N) is 2. The van der Waals surface area contributed by atoms with Crippen LogP contribution in [0.4, 0.5) is 17.3 Å². The highest BCUT2D eigenvalue weighted by Gasteiger charge is 2.32. The van der Waals surface area contributed by atoms with E-state index in [2.05, 4.69) is 25.3 Å². The van der Waals surface area contributed by atoms with Crippen molar-refractivity contribution >= 4 is 52.2 Å². The molecule has 0 bridgehead atoms. The highest BCUT2D eigenvalue weighted by molar-refractivity contribution is 6.12. The average molecular weight is 559 g/mol. The second-order valence-electron chi connectivity index (χ2n) is 8.76. The van der Waals surface area contributed by atoms with Gasteiger partial charge in [-0.25, -0.2) is 9.97 Å². The van der Waals surface area contributed by atoms with Crippen LogP contribution in [-0.4, -0.2) is 54.6 Å². The highest BCUT2D eigenvalue weighted by atomic mass is 16.4. The number of carboxylic acid groups (broad SMARTS) is 2. The van der Waals surface area contributed by atoms with Crippen LogP contribution in [0.15, 0.2) is 59.5 Å². The summed E-state index contributed by atoms with van der Waals surface area (Å²) in [7, 11) is 0. The van der Waals surface area contributed by atoms with Crippen LogP contribution in [0.25, 0.3) is 11.2 Å². The number of aromatic nitrogens is 4. The number of imide groups is 1. The largest absolute Gasteiger partial charge is 0.550 e. The number of aliphatic carboxylic acids is 2. The fourth-order valence-electron chi connectivity index (χ4n) is 3.87. The summed E-state index contributed by atoms with van der Waals surface area (Å²) in [4.78, 5) is 76.7. The molecule has 2 aromatic carbocycles. The molecule has 0 aliphatic rings. The van der Waals surface area contributed by atoms with Crippen LogP contribution >= 0.6 is 0 Å². The molecule has 0 radical (unpaired) electrons. The average Bonchev–Trinajstić information content (AvgIpc) is 2.94. The van der Waals surface area contributed by atoms with Gasteiger partial charge in [0, 0.05) is 28.5 Å². The van der Waals surface area contributed by atoms with Gasteiger partial charge in [-0.1, -0.05) is 0 Å². The molecule has 210 valence electrons. The Morgan fingerprint density at radius 1 is 0.927 bits per heavy atom. The van der Waals surface area contributed by atoms with E-state index in [1.807, 2.05) is 0 Å². The van der Waals surface area contributed by atoms with Crippen molar-refractivity contribution < 1.29 is 29.4 Å². The van der Waals surface area contributed by atoms with Gasteiger partial charge in [-0.15, -0.1) is 0 Å².